The summed E-state index contributed by atoms with van der Waals surface area (Å²) >= 11 is 1.25. The molecule has 1 fully saturated rings. The van der Waals surface area contributed by atoms with E-state index in [0.29, 0.717) is 10.1 Å². The standard InChI is InChI=1S/C12H9N3O2S/c16-9-6-7-10(17)15(9)12-14-13-11(18-12)8-4-2-1-3-5-8/h1-5H,6-7H2. The highest BCUT2D eigenvalue weighted by molar-refractivity contribution is 7.18. The number of nitrogens with zero attached hydrogens (tertiary/aromatic N) is 3. The quantitative estimate of drug-likeness (QED) is 0.772. The summed E-state index contributed by atoms with van der Waals surface area (Å²) in [6.45, 7) is 0. The van der Waals surface area contributed by atoms with Gasteiger partial charge in [-0.25, -0.2) is 4.90 Å². The van der Waals surface area contributed by atoms with Crippen molar-refractivity contribution in [2.75, 3.05) is 4.90 Å². The van der Waals surface area contributed by atoms with Gasteiger partial charge >= 0.3 is 0 Å². The van der Waals surface area contributed by atoms with Crippen LogP contribution in [0.2, 0.25) is 0 Å². The van der Waals surface area contributed by atoms with E-state index < -0.39 is 0 Å². The number of amides is 2. The molecule has 0 atom stereocenters. The predicted molar refractivity (Wildman–Crippen MR) is 67.1 cm³/mol. The Hall–Kier alpha value is -2.08. The summed E-state index contributed by atoms with van der Waals surface area (Å²) in [4.78, 5) is 24.3. The second kappa shape index (κ2) is 4.30. The Kier molecular flexibility index (Phi) is 2.64. The molecule has 1 aliphatic rings. The minimum Gasteiger partial charge on any atom is -0.274 e. The minimum atomic E-state index is -0.198. The third kappa shape index (κ3) is 1.80. The first kappa shape index (κ1) is 11.0. The van der Waals surface area contributed by atoms with E-state index in [1.165, 1.54) is 11.3 Å². The SMILES string of the molecule is O=C1CCC(=O)N1c1nnc(-c2ccccc2)s1. The fraction of sp³-hybridized carbons (Fsp3) is 0.167. The lowest BCUT2D eigenvalue weighted by molar-refractivity contribution is -0.121. The number of imide groups is 1. The van der Waals surface area contributed by atoms with Gasteiger partial charge in [0.1, 0.15) is 5.01 Å². The summed E-state index contributed by atoms with van der Waals surface area (Å²) in [5.74, 6) is -0.397. The van der Waals surface area contributed by atoms with Crippen LogP contribution in [-0.2, 0) is 9.59 Å². The van der Waals surface area contributed by atoms with E-state index in [1.807, 2.05) is 30.3 Å². The Bertz CT molecular complexity index is 593. The number of carbonyl (C=O) groups excluding carboxylic acids is 2. The average Bonchev–Trinajstić information content (AvgIpc) is 2.98. The van der Waals surface area contributed by atoms with Crippen LogP contribution in [0.25, 0.3) is 10.6 Å². The van der Waals surface area contributed by atoms with Gasteiger partial charge in [0.25, 0.3) is 0 Å². The zero-order chi connectivity index (χ0) is 12.5. The summed E-state index contributed by atoms with van der Waals surface area (Å²) in [6, 6.07) is 9.56. The third-order valence-corrected chi connectivity index (χ3v) is 3.64. The fourth-order valence-electron chi connectivity index (χ4n) is 1.79. The summed E-state index contributed by atoms with van der Waals surface area (Å²) in [7, 11) is 0. The van der Waals surface area contributed by atoms with Crippen LogP contribution in [-0.4, -0.2) is 22.0 Å². The molecule has 0 aliphatic carbocycles. The van der Waals surface area contributed by atoms with Crippen molar-refractivity contribution in [1.82, 2.24) is 10.2 Å². The van der Waals surface area contributed by atoms with Crippen molar-refractivity contribution in [3.63, 3.8) is 0 Å². The van der Waals surface area contributed by atoms with Gasteiger partial charge in [0.15, 0.2) is 0 Å². The zero-order valence-corrected chi connectivity index (χ0v) is 10.2. The molecule has 2 heterocycles. The van der Waals surface area contributed by atoms with Gasteiger partial charge in [-0.05, 0) is 0 Å². The van der Waals surface area contributed by atoms with Crippen molar-refractivity contribution in [3.8, 4) is 10.6 Å². The Morgan fingerprint density at radius 3 is 2.33 bits per heavy atom. The van der Waals surface area contributed by atoms with Gasteiger partial charge in [0, 0.05) is 18.4 Å². The Balaban J connectivity index is 1.95. The number of hydrogen-bond acceptors (Lipinski definition) is 5. The van der Waals surface area contributed by atoms with E-state index in [2.05, 4.69) is 10.2 Å². The van der Waals surface area contributed by atoms with Crippen molar-refractivity contribution in [2.24, 2.45) is 0 Å². The molecule has 0 N–H and O–H groups in total. The van der Waals surface area contributed by atoms with E-state index in [0.717, 1.165) is 10.5 Å². The largest absolute Gasteiger partial charge is 0.274 e. The van der Waals surface area contributed by atoms with Crippen molar-refractivity contribution in [1.29, 1.82) is 0 Å². The second-order valence-corrected chi connectivity index (χ2v) is 4.83. The highest BCUT2D eigenvalue weighted by atomic mass is 32.1. The summed E-state index contributed by atoms with van der Waals surface area (Å²) in [6.07, 6.45) is 0.526. The molecular weight excluding hydrogens is 250 g/mol. The molecule has 0 unspecified atom stereocenters. The van der Waals surface area contributed by atoms with Crippen LogP contribution in [0.4, 0.5) is 5.13 Å². The number of aromatic nitrogens is 2. The number of carbonyl (C=O) groups is 2. The molecular formula is C12H9N3O2S. The minimum absolute atomic E-state index is 0.198. The first-order chi connectivity index (χ1) is 8.75. The molecule has 1 aromatic heterocycles. The van der Waals surface area contributed by atoms with Crippen molar-refractivity contribution in [2.45, 2.75) is 12.8 Å². The van der Waals surface area contributed by atoms with Gasteiger partial charge in [-0.2, -0.15) is 0 Å². The summed E-state index contributed by atoms with van der Waals surface area (Å²) in [5, 5.41) is 9.02. The first-order valence-electron chi connectivity index (χ1n) is 5.50. The molecule has 2 aromatic rings. The van der Waals surface area contributed by atoms with Gasteiger partial charge < -0.3 is 0 Å². The maximum absolute atomic E-state index is 11.6. The normalized spacial score (nSPS) is 15.4. The number of hydrogen-bond donors (Lipinski definition) is 0. The second-order valence-electron chi connectivity index (χ2n) is 3.88. The lowest BCUT2D eigenvalue weighted by Gasteiger charge is -2.07. The van der Waals surface area contributed by atoms with Crippen molar-refractivity contribution >= 4 is 28.3 Å². The maximum Gasteiger partial charge on any atom is 0.236 e. The van der Waals surface area contributed by atoms with E-state index in [9.17, 15) is 9.59 Å². The average molecular weight is 259 g/mol. The lowest BCUT2D eigenvalue weighted by Crippen LogP contribution is -2.28. The smallest absolute Gasteiger partial charge is 0.236 e. The van der Waals surface area contributed by atoms with Crippen LogP contribution in [0.15, 0.2) is 30.3 Å². The first-order valence-corrected chi connectivity index (χ1v) is 6.32. The number of benzene rings is 1. The summed E-state index contributed by atoms with van der Waals surface area (Å²) in [5.41, 5.74) is 0.931. The van der Waals surface area contributed by atoms with Crippen LogP contribution in [0.1, 0.15) is 12.8 Å². The molecule has 1 aliphatic heterocycles. The van der Waals surface area contributed by atoms with Crippen molar-refractivity contribution < 1.29 is 9.59 Å². The van der Waals surface area contributed by atoms with E-state index >= 15 is 0 Å². The highest BCUT2D eigenvalue weighted by Crippen LogP contribution is 2.31. The van der Waals surface area contributed by atoms with Crippen LogP contribution < -0.4 is 4.90 Å². The van der Waals surface area contributed by atoms with Crippen LogP contribution in [0.3, 0.4) is 0 Å². The molecule has 2 amide bonds. The van der Waals surface area contributed by atoms with E-state index in [-0.39, 0.29) is 24.7 Å². The van der Waals surface area contributed by atoms with Gasteiger partial charge in [0.05, 0.1) is 0 Å². The third-order valence-electron chi connectivity index (χ3n) is 2.68. The number of anilines is 1. The Morgan fingerprint density at radius 1 is 1.00 bits per heavy atom. The van der Waals surface area contributed by atoms with Gasteiger partial charge in [-0.15, -0.1) is 10.2 Å². The molecule has 5 nitrogen and oxygen atoms in total. The molecule has 0 radical (unpaired) electrons. The Labute approximate surface area is 107 Å². The van der Waals surface area contributed by atoms with Gasteiger partial charge in [0.2, 0.25) is 16.9 Å². The monoisotopic (exact) mass is 259 g/mol. The van der Waals surface area contributed by atoms with E-state index in [1.54, 1.807) is 0 Å². The molecule has 0 spiro atoms. The molecule has 1 aromatic carbocycles. The maximum atomic E-state index is 11.6. The molecule has 0 bridgehead atoms. The number of rotatable bonds is 2. The molecule has 18 heavy (non-hydrogen) atoms. The molecule has 0 saturated carbocycles. The zero-order valence-electron chi connectivity index (χ0n) is 9.37. The predicted octanol–water partition coefficient (Wildman–Crippen LogP) is 1.86. The topological polar surface area (TPSA) is 63.2 Å². The van der Waals surface area contributed by atoms with Gasteiger partial charge in [-0.3, -0.25) is 9.59 Å². The summed E-state index contributed by atoms with van der Waals surface area (Å²) < 4.78 is 0. The Morgan fingerprint density at radius 2 is 1.67 bits per heavy atom. The molecule has 3 rings (SSSR count). The van der Waals surface area contributed by atoms with Crippen LogP contribution in [0.5, 0.6) is 0 Å². The van der Waals surface area contributed by atoms with E-state index in [4.69, 9.17) is 0 Å². The fourth-order valence-corrected chi connectivity index (χ4v) is 2.68. The molecule has 1 saturated heterocycles. The molecule has 90 valence electrons. The van der Waals surface area contributed by atoms with Crippen LogP contribution >= 0.6 is 11.3 Å². The van der Waals surface area contributed by atoms with Gasteiger partial charge in [-0.1, -0.05) is 41.7 Å². The van der Waals surface area contributed by atoms with Crippen molar-refractivity contribution in [3.05, 3.63) is 30.3 Å². The highest BCUT2D eigenvalue weighted by Gasteiger charge is 2.32. The lowest BCUT2D eigenvalue weighted by atomic mass is 10.2. The van der Waals surface area contributed by atoms with Crippen LogP contribution in [0, 0.1) is 0 Å². The molecule has 6 heteroatoms.